The Morgan fingerprint density at radius 3 is 2.26 bits per heavy atom. The molecule has 100 valence electrons. The quantitative estimate of drug-likeness (QED) is 0.777. The molecule has 3 nitrogen and oxygen atoms in total. The van der Waals surface area contributed by atoms with Crippen LogP contribution in [0.2, 0.25) is 5.02 Å². The first-order chi connectivity index (χ1) is 8.90. The van der Waals surface area contributed by atoms with E-state index in [9.17, 15) is 8.42 Å². The van der Waals surface area contributed by atoms with Crippen LogP contribution >= 0.6 is 43.5 Å². The van der Waals surface area contributed by atoms with Gasteiger partial charge in [-0.25, -0.2) is 8.42 Å². The van der Waals surface area contributed by atoms with E-state index >= 15 is 0 Å². The molecule has 0 atom stereocenters. The van der Waals surface area contributed by atoms with Gasteiger partial charge in [0.1, 0.15) is 0 Å². The van der Waals surface area contributed by atoms with Gasteiger partial charge >= 0.3 is 0 Å². The third-order valence-corrected chi connectivity index (χ3v) is 5.63. The number of rotatable bonds is 3. The van der Waals surface area contributed by atoms with Crippen molar-refractivity contribution in [2.75, 3.05) is 4.72 Å². The molecular weight excluding hydrogens is 417 g/mol. The van der Waals surface area contributed by atoms with Crippen LogP contribution < -0.4 is 4.72 Å². The summed E-state index contributed by atoms with van der Waals surface area (Å²) in [5.74, 6) is 0. The molecule has 0 heterocycles. The van der Waals surface area contributed by atoms with Crippen molar-refractivity contribution in [1.29, 1.82) is 0 Å². The predicted octanol–water partition coefficient (Wildman–Crippen LogP) is 4.67. The Morgan fingerprint density at radius 2 is 1.63 bits per heavy atom. The Hall–Kier alpha value is -0.560. The number of nitrogens with one attached hydrogen (secondary N) is 1. The summed E-state index contributed by atoms with van der Waals surface area (Å²) in [6.45, 7) is 0. The van der Waals surface area contributed by atoms with Crippen molar-refractivity contribution in [1.82, 2.24) is 0 Å². The summed E-state index contributed by atoms with van der Waals surface area (Å²) >= 11 is 12.4. The Labute approximate surface area is 133 Å². The second-order valence-electron chi connectivity index (χ2n) is 3.66. The minimum Gasteiger partial charge on any atom is -0.278 e. The normalized spacial score (nSPS) is 11.3. The summed E-state index contributed by atoms with van der Waals surface area (Å²) < 4.78 is 28.2. The summed E-state index contributed by atoms with van der Waals surface area (Å²) in [5, 5.41) is 0.441. The predicted molar refractivity (Wildman–Crippen MR) is 84.1 cm³/mol. The summed E-state index contributed by atoms with van der Waals surface area (Å²) in [5.41, 5.74) is 0.399. The molecule has 7 heteroatoms. The fraction of sp³-hybridized carbons (Fsp3) is 0. The molecule has 2 aromatic carbocycles. The molecule has 0 aliphatic carbocycles. The highest BCUT2D eigenvalue weighted by Gasteiger charge is 2.16. The van der Waals surface area contributed by atoms with Gasteiger partial charge in [0.2, 0.25) is 0 Å². The van der Waals surface area contributed by atoms with Crippen LogP contribution in [0.4, 0.5) is 5.69 Å². The maximum atomic E-state index is 12.2. The first-order valence-corrected chi connectivity index (χ1v) is 8.57. The lowest BCUT2D eigenvalue weighted by molar-refractivity contribution is 0.601. The third kappa shape index (κ3) is 3.51. The highest BCUT2D eigenvalue weighted by Crippen LogP contribution is 2.31. The van der Waals surface area contributed by atoms with Gasteiger partial charge in [-0.2, -0.15) is 0 Å². The Balaban J connectivity index is 2.36. The molecule has 0 spiro atoms. The average Bonchev–Trinajstić information content (AvgIpc) is 2.35. The summed E-state index contributed by atoms with van der Waals surface area (Å²) in [4.78, 5) is 0.183. The second kappa shape index (κ2) is 5.83. The fourth-order valence-corrected chi connectivity index (χ4v) is 3.41. The lowest BCUT2D eigenvalue weighted by Crippen LogP contribution is -2.13. The van der Waals surface area contributed by atoms with Crippen LogP contribution in [0.15, 0.2) is 56.3 Å². The highest BCUT2D eigenvalue weighted by atomic mass is 79.9. The van der Waals surface area contributed by atoms with Crippen LogP contribution in [0.5, 0.6) is 0 Å². The van der Waals surface area contributed by atoms with Crippen molar-refractivity contribution < 1.29 is 8.42 Å². The maximum Gasteiger partial charge on any atom is 0.261 e. The standard InChI is InChI=1S/C12H8Br2ClNO2S/c13-8-4-6-9(7-5-8)19(17,18)16-11-3-1-2-10(15)12(11)14/h1-7,16H. The van der Waals surface area contributed by atoms with Crippen LogP contribution in [-0.4, -0.2) is 8.42 Å². The first kappa shape index (κ1) is 14.8. The van der Waals surface area contributed by atoms with E-state index < -0.39 is 10.0 Å². The molecule has 0 radical (unpaired) electrons. The third-order valence-electron chi connectivity index (χ3n) is 2.32. The highest BCUT2D eigenvalue weighted by molar-refractivity contribution is 9.11. The van der Waals surface area contributed by atoms with E-state index in [1.165, 1.54) is 12.1 Å². The molecule has 0 aromatic heterocycles. The molecule has 2 rings (SSSR count). The summed E-state index contributed by atoms with van der Waals surface area (Å²) in [7, 11) is -3.63. The zero-order chi connectivity index (χ0) is 14.0. The van der Waals surface area contributed by atoms with Crippen LogP contribution in [0.3, 0.4) is 0 Å². The van der Waals surface area contributed by atoms with E-state index in [0.29, 0.717) is 15.2 Å². The van der Waals surface area contributed by atoms with Gasteiger partial charge in [0.05, 0.1) is 20.1 Å². The Morgan fingerprint density at radius 1 is 1.00 bits per heavy atom. The van der Waals surface area contributed by atoms with E-state index in [-0.39, 0.29) is 4.90 Å². The summed E-state index contributed by atoms with van der Waals surface area (Å²) in [6, 6.07) is 11.3. The Kier molecular flexibility index (Phi) is 4.55. The van der Waals surface area contributed by atoms with Gasteiger partial charge in [-0.05, 0) is 52.3 Å². The second-order valence-corrected chi connectivity index (χ2v) is 7.46. The van der Waals surface area contributed by atoms with Crippen molar-refractivity contribution in [3.63, 3.8) is 0 Å². The fourth-order valence-electron chi connectivity index (χ4n) is 1.40. The molecule has 0 aliphatic heterocycles. The lowest BCUT2D eigenvalue weighted by atomic mass is 10.3. The van der Waals surface area contributed by atoms with Crippen LogP contribution in [0, 0.1) is 0 Å². The number of hydrogen-bond acceptors (Lipinski definition) is 2. The van der Waals surface area contributed by atoms with Gasteiger partial charge in [-0.3, -0.25) is 4.72 Å². The smallest absolute Gasteiger partial charge is 0.261 e. The van der Waals surface area contributed by atoms with Crippen LogP contribution in [0.25, 0.3) is 0 Å². The van der Waals surface area contributed by atoms with Crippen molar-refractivity contribution >= 4 is 59.2 Å². The van der Waals surface area contributed by atoms with Crippen LogP contribution in [0.1, 0.15) is 0 Å². The van der Waals surface area contributed by atoms with Gasteiger partial charge in [0, 0.05) is 4.47 Å². The lowest BCUT2D eigenvalue weighted by Gasteiger charge is -2.10. The van der Waals surface area contributed by atoms with E-state index in [1.807, 2.05) is 0 Å². The molecular formula is C12H8Br2ClNO2S. The van der Waals surface area contributed by atoms with E-state index in [4.69, 9.17) is 11.6 Å². The number of halogens is 3. The number of sulfonamides is 1. The van der Waals surface area contributed by atoms with E-state index in [2.05, 4.69) is 36.6 Å². The van der Waals surface area contributed by atoms with E-state index in [1.54, 1.807) is 30.3 Å². The minimum absolute atomic E-state index is 0.183. The number of benzene rings is 2. The van der Waals surface area contributed by atoms with Gasteiger partial charge in [0.25, 0.3) is 10.0 Å². The van der Waals surface area contributed by atoms with Crippen molar-refractivity contribution in [3.05, 3.63) is 56.4 Å². The number of anilines is 1. The maximum absolute atomic E-state index is 12.2. The minimum atomic E-state index is -3.63. The molecule has 0 unspecified atom stereocenters. The van der Waals surface area contributed by atoms with Gasteiger partial charge in [-0.15, -0.1) is 0 Å². The van der Waals surface area contributed by atoms with Crippen LogP contribution in [-0.2, 0) is 10.0 Å². The van der Waals surface area contributed by atoms with Crippen molar-refractivity contribution in [2.45, 2.75) is 4.90 Å². The molecule has 0 fully saturated rings. The molecule has 0 bridgehead atoms. The Bertz CT molecular complexity index is 702. The molecule has 0 amide bonds. The topological polar surface area (TPSA) is 46.2 Å². The summed E-state index contributed by atoms with van der Waals surface area (Å²) in [6.07, 6.45) is 0. The number of hydrogen-bond donors (Lipinski definition) is 1. The monoisotopic (exact) mass is 423 g/mol. The first-order valence-electron chi connectivity index (χ1n) is 5.12. The zero-order valence-corrected chi connectivity index (χ0v) is 14.1. The molecule has 0 saturated heterocycles. The molecule has 19 heavy (non-hydrogen) atoms. The van der Waals surface area contributed by atoms with E-state index in [0.717, 1.165) is 4.47 Å². The van der Waals surface area contributed by atoms with Gasteiger partial charge in [0.15, 0.2) is 0 Å². The largest absolute Gasteiger partial charge is 0.278 e. The van der Waals surface area contributed by atoms with Crippen molar-refractivity contribution in [2.24, 2.45) is 0 Å². The molecule has 0 saturated carbocycles. The molecule has 1 N–H and O–H groups in total. The molecule has 2 aromatic rings. The SMILES string of the molecule is O=S(=O)(Nc1cccc(Cl)c1Br)c1ccc(Br)cc1. The van der Waals surface area contributed by atoms with Gasteiger partial charge in [-0.1, -0.05) is 33.6 Å². The average molecular weight is 426 g/mol. The van der Waals surface area contributed by atoms with Crippen molar-refractivity contribution in [3.8, 4) is 0 Å². The van der Waals surface area contributed by atoms with Gasteiger partial charge < -0.3 is 0 Å². The zero-order valence-electron chi connectivity index (χ0n) is 9.40. The molecule has 0 aliphatic rings.